The number of hydrogen-bond donors (Lipinski definition) is 3. The molecule has 0 radical (unpaired) electrons. The van der Waals surface area contributed by atoms with Crippen LogP contribution >= 0.6 is 0 Å². The molecule has 2 aliphatic carbocycles. The lowest BCUT2D eigenvalue weighted by atomic mass is 9.85. The number of nitrogens with zero attached hydrogens (tertiary/aromatic N) is 1. The lowest BCUT2D eigenvalue weighted by Crippen LogP contribution is -2.60. The minimum absolute atomic E-state index is 0.0672. The van der Waals surface area contributed by atoms with E-state index < -0.39 is 47.0 Å². The topological polar surface area (TPSA) is 139 Å². The lowest BCUT2D eigenvalue weighted by Gasteiger charge is -2.37. The number of piperidine rings is 1. The van der Waals surface area contributed by atoms with Crippen molar-refractivity contribution in [2.45, 2.75) is 72.0 Å². The number of ketones is 1. The molecule has 2 saturated carbocycles. The predicted octanol–water partition coefficient (Wildman–Crippen LogP) is 0.526. The molecule has 182 valence electrons. The number of fused-ring (bicyclic) bond motifs is 1. The Bertz CT molecular complexity index is 886. The van der Waals surface area contributed by atoms with Gasteiger partial charge in [0, 0.05) is 6.54 Å². The summed E-state index contributed by atoms with van der Waals surface area (Å²) in [6, 6.07) is -2.63. The fourth-order valence-electron chi connectivity index (χ4n) is 5.18. The van der Waals surface area contributed by atoms with Crippen LogP contribution in [0.5, 0.6) is 0 Å². The molecule has 5 atom stereocenters. The molecule has 3 rings (SSSR count). The molecule has 4 N–H and O–H groups in total. The third kappa shape index (κ3) is 4.96. The number of carbonyl (C=O) groups excluding carboxylic acids is 5. The molecule has 9 heteroatoms. The zero-order valence-electron chi connectivity index (χ0n) is 20.1. The van der Waals surface area contributed by atoms with E-state index in [9.17, 15) is 24.0 Å². The summed E-state index contributed by atoms with van der Waals surface area (Å²) in [6.07, 6.45) is 3.37. The maximum absolute atomic E-state index is 13.6. The summed E-state index contributed by atoms with van der Waals surface area (Å²) >= 11 is 0. The molecular weight excluding hydrogens is 424 g/mol. The Morgan fingerprint density at radius 1 is 1.15 bits per heavy atom. The van der Waals surface area contributed by atoms with E-state index in [4.69, 9.17) is 5.73 Å². The minimum Gasteiger partial charge on any atom is -0.363 e. The van der Waals surface area contributed by atoms with Crippen molar-refractivity contribution in [3.63, 3.8) is 0 Å². The minimum atomic E-state index is -1.08. The lowest BCUT2D eigenvalue weighted by molar-refractivity contribution is -0.146. The van der Waals surface area contributed by atoms with Gasteiger partial charge in [0.25, 0.3) is 5.91 Å². The number of Topliss-reactive ketones (excluding diaryl/α,β-unsaturated/α-hetero) is 1. The van der Waals surface area contributed by atoms with Gasteiger partial charge >= 0.3 is 0 Å². The van der Waals surface area contributed by atoms with Gasteiger partial charge in [-0.15, -0.1) is 0 Å². The smallest absolute Gasteiger partial charge is 0.287 e. The number of hydrogen-bond acceptors (Lipinski definition) is 5. The van der Waals surface area contributed by atoms with Crippen LogP contribution in [0.3, 0.4) is 0 Å². The maximum Gasteiger partial charge on any atom is 0.287 e. The predicted molar refractivity (Wildman–Crippen MR) is 121 cm³/mol. The normalized spacial score (nSPS) is 27.1. The number of nitrogens with one attached hydrogen (secondary N) is 2. The molecule has 0 bridgehead atoms. The second-order valence-corrected chi connectivity index (χ2v) is 11.4. The molecule has 1 aliphatic heterocycles. The first-order valence-electron chi connectivity index (χ1n) is 11.6. The summed E-state index contributed by atoms with van der Waals surface area (Å²) in [7, 11) is 0. The van der Waals surface area contributed by atoms with Gasteiger partial charge in [0.15, 0.2) is 0 Å². The van der Waals surface area contributed by atoms with E-state index >= 15 is 0 Å². The van der Waals surface area contributed by atoms with Crippen LogP contribution in [0.4, 0.5) is 0 Å². The first-order valence-corrected chi connectivity index (χ1v) is 11.6. The molecule has 0 aromatic rings. The second kappa shape index (κ2) is 8.57. The quantitative estimate of drug-likeness (QED) is 0.340. The standard InChI is InChI=1S/C24H36N4O5/c1-7-15(29)27-19(23(2,3)4)22(33)28-11-13-16(24(13,5)6)17(28)21(32)26-14(10-12-8-9-12)18(30)20(25)31/h7,12-14,16-17,19H,1,8-11H2,2-6H3,(H2,25,31)(H,26,32)(H,27,29)/t13?,14?,16?,17?,19-/m1/s1. The van der Waals surface area contributed by atoms with Crippen LogP contribution in [0.15, 0.2) is 12.7 Å². The molecule has 0 spiro atoms. The van der Waals surface area contributed by atoms with Crippen LogP contribution in [0.1, 0.15) is 53.9 Å². The highest BCUT2D eigenvalue weighted by Crippen LogP contribution is 2.65. The first kappa shape index (κ1) is 24.9. The van der Waals surface area contributed by atoms with E-state index in [1.54, 1.807) is 0 Å². The number of nitrogens with two attached hydrogens (primary N) is 1. The van der Waals surface area contributed by atoms with Crippen LogP contribution < -0.4 is 16.4 Å². The molecule has 1 saturated heterocycles. The molecule has 3 aliphatic rings. The van der Waals surface area contributed by atoms with E-state index in [1.807, 2.05) is 20.8 Å². The molecule has 0 aromatic carbocycles. The van der Waals surface area contributed by atoms with Gasteiger partial charge in [-0.25, -0.2) is 0 Å². The van der Waals surface area contributed by atoms with Gasteiger partial charge in [0.2, 0.25) is 23.5 Å². The molecule has 0 aromatic heterocycles. The van der Waals surface area contributed by atoms with Crippen molar-refractivity contribution >= 4 is 29.4 Å². The van der Waals surface area contributed by atoms with Crippen molar-refractivity contribution in [3.05, 3.63) is 12.7 Å². The third-order valence-corrected chi connectivity index (χ3v) is 7.49. The average molecular weight is 461 g/mol. The first-order chi connectivity index (χ1) is 15.2. The molecule has 4 unspecified atom stereocenters. The number of amides is 4. The third-order valence-electron chi connectivity index (χ3n) is 7.49. The summed E-state index contributed by atoms with van der Waals surface area (Å²) in [6.45, 7) is 13.5. The number of carbonyl (C=O) groups is 5. The summed E-state index contributed by atoms with van der Waals surface area (Å²) in [5.74, 6) is -2.81. The Hall–Kier alpha value is -2.71. The summed E-state index contributed by atoms with van der Waals surface area (Å²) in [5, 5.41) is 5.44. The molecule has 4 amide bonds. The van der Waals surface area contributed by atoms with Crippen molar-refractivity contribution in [3.8, 4) is 0 Å². The number of primary amides is 1. The van der Waals surface area contributed by atoms with Crippen molar-refractivity contribution < 1.29 is 24.0 Å². The van der Waals surface area contributed by atoms with E-state index in [1.165, 1.54) is 4.90 Å². The monoisotopic (exact) mass is 460 g/mol. The van der Waals surface area contributed by atoms with Gasteiger partial charge in [-0.1, -0.05) is 54.0 Å². The average Bonchev–Trinajstić information content (AvgIpc) is 3.56. The molecule has 9 nitrogen and oxygen atoms in total. The SMILES string of the molecule is C=CC(=O)N[C@H](C(=O)N1CC2C(C1C(=O)NC(CC1CC1)C(=O)C(N)=O)C2(C)C)C(C)(C)C. The second-order valence-electron chi connectivity index (χ2n) is 11.4. The summed E-state index contributed by atoms with van der Waals surface area (Å²) < 4.78 is 0. The van der Waals surface area contributed by atoms with Gasteiger partial charge in [0.05, 0.1) is 6.04 Å². The van der Waals surface area contributed by atoms with Crippen LogP contribution in [0.25, 0.3) is 0 Å². The molecule has 33 heavy (non-hydrogen) atoms. The highest BCUT2D eigenvalue weighted by molar-refractivity contribution is 6.37. The van der Waals surface area contributed by atoms with E-state index in [2.05, 4.69) is 31.1 Å². The van der Waals surface area contributed by atoms with Gasteiger partial charge < -0.3 is 21.3 Å². The van der Waals surface area contributed by atoms with Gasteiger partial charge in [0.1, 0.15) is 12.1 Å². The fraction of sp³-hybridized carbons (Fsp3) is 0.708. The van der Waals surface area contributed by atoms with Crippen molar-refractivity contribution in [2.24, 2.45) is 34.3 Å². The van der Waals surface area contributed by atoms with E-state index in [0.29, 0.717) is 13.0 Å². The van der Waals surface area contributed by atoms with Crippen molar-refractivity contribution in [1.29, 1.82) is 0 Å². The molecule has 3 fully saturated rings. The van der Waals surface area contributed by atoms with Gasteiger partial charge in [-0.05, 0) is 41.1 Å². The van der Waals surface area contributed by atoms with Crippen LogP contribution in [0.2, 0.25) is 0 Å². The molecular formula is C24H36N4O5. The molecule has 1 heterocycles. The van der Waals surface area contributed by atoms with Crippen molar-refractivity contribution in [1.82, 2.24) is 15.5 Å². The highest BCUT2D eigenvalue weighted by atomic mass is 16.2. The Balaban J connectivity index is 1.85. The largest absolute Gasteiger partial charge is 0.363 e. The number of rotatable bonds is 9. The zero-order valence-corrected chi connectivity index (χ0v) is 20.1. The Morgan fingerprint density at radius 2 is 1.76 bits per heavy atom. The van der Waals surface area contributed by atoms with Crippen molar-refractivity contribution in [2.75, 3.05) is 6.54 Å². The fourth-order valence-corrected chi connectivity index (χ4v) is 5.18. The maximum atomic E-state index is 13.6. The summed E-state index contributed by atoms with van der Waals surface area (Å²) in [4.78, 5) is 64.5. The number of likely N-dealkylation sites (tertiary alicyclic amines) is 1. The Kier molecular flexibility index (Phi) is 6.47. The van der Waals surface area contributed by atoms with Gasteiger partial charge in [-0.3, -0.25) is 24.0 Å². The van der Waals surface area contributed by atoms with E-state index in [-0.39, 0.29) is 29.1 Å². The van der Waals surface area contributed by atoms with E-state index in [0.717, 1.165) is 18.9 Å². The van der Waals surface area contributed by atoms with Crippen LogP contribution in [0, 0.1) is 28.6 Å². The van der Waals surface area contributed by atoms with Crippen LogP contribution in [-0.2, 0) is 24.0 Å². The Labute approximate surface area is 194 Å². The summed E-state index contributed by atoms with van der Waals surface area (Å²) in [5.41, 5.74) is 4.48. The highest BCUT2D eigenvalue weighted by Gasteiger charge is 2.69. The zero-order chi connectivity index (χ0) is 24.9. The Morgan fingerprint density at radius 3 is 2.24 bits per heavy atom. The van der Waals surface area contributed by atoms with Gasteiger partial charge in [-0.2, -0.15) is 0 Å². The van der Waals surface area contributed by atoms with Crippen LogP contribution in [-0.4, -0.2) is 59.0 Å².